The molecule has 0 spiro atoms. The van der Waals surface area contributed by atoms with Crippen LogP contribution in [0.4, 0.5) is 18.9 Å². The van der Waals surface area contributed by atoms with Gasteiger partial charge in [0.25, 0.3) is 0 Å². The van der Waals surface area contributed by atoms with Gasteiger partial charge in [-0.05, 0) is 47.6 Å². The molecule has 0 radical (unpaired) electrons. The van der Waals surface area contributed by atoms with Gasteiger partial charge in [-0.25, -0.2) is 0 Å². The van der Waals surface area contributed by atoms with Gasteiger partial charge in [-0.15, -0.1) is 13.2 Å². The number of halogens is 3. The van der Waals surface area contributed by atoms with Gasteiger partial charge in [0.1, 0.15) is 5.75 Å². The number of nitrogens with zero attached hydrogens (tertiary/aromatic N) is 2. The summed E-state index contributed by atoms with van der Waals surface area (Å²) in [6.45, 7) is 3.15. The second-order valence-electron chi connectivity index (χ2n) is 7.75. The van der Waals surface area contributed by atoms with Crippen LogP contribution < -0.4 is 10.1 Å². The first-order valence-electron chi connectivity index (χ1n) is 10.6. The summed E-state index contributed by atoms with van der Waals surface area (Å²) in [6, 6.07) is 26.6. The number of anilines is 1. The van der Waals surface area contributed by atoms with Gasteiger partial charge >= 0.3 is 6.36 Å². The third-order valence-corrected chi connectivity index (χ3v) is 5.90. The zero-order valence-electron chi connectivity index (χ0n) is 17.8. The van der Waals surface area contributed by atoms with E-state index in [1.165, 1.54) is 35.4 Å². The van der Waals surface area contributed by atoms with Crippen LogP contribution in [0.1, 0.15) is 17.2 Å². The second kappa shape index (κ2) is 10.2. The van der Waals surface area contributed by atoms with Gasteiger partial charge in [0, 0.05) is 31.9 Å². The molecule has 1 N–H and O–H groups in total. The minimum atomic E-state index is -4.71. The molecule has 0 saturated carbocycles. The van der Waals surface area contributed by atoms with Gasteiger partial charge in [-0.1, -0.05) is 60.7 Å². The quantitative estimate of drug-likeness (QED) is 0.483. The van der Waals surface area contributed by atoms with Crippen LogP contribution in [0, 0.1) is 0 Å². The Bertz CT molecular complexity index is 999. The first-order valence-corrected chi connectivity index (χ1v) is 11.1. The monoisotopic (exact) mass is 471 g/mol. The molecule has 8 heteroatoms. The number of ether oxygens (including phenoxy) is 1. The summed E-state index contributed by atoms with van der Waals surface area (Å²) in [7, 11) is 0. The highest BCUT2D eigenvalue weighted by Gasteiger charge is 2.31. The lowest BCUT2D eigenvalue weighted by Gasteiger charge is -2.40. The molecule has 33 heavy (non-hydrogen) atoms. The molecule has 1 aliphatic heterocycles. The van der Waals surface area contributed by atoms with Gasteiger partial charge in [-0.3, -0.25) is 4.90 Å². The molecular formula is C25H24F3N3OS. The normalized spacial score (nSPS) is 14.8. The maximum absolute atomic E-state index is 12.3. The van der Waals surface area contributed by atoms with E-state index < -0.39 is 6.36 Å². The summed E-state index contributed by atoms with van der Waals surface area (Å²) in [5.41, 5.74) is 3.11. The van der Waals surface area contributed by atoms with Crippen molar-refractivity contribution in [3.05, 3.63) is 96.1 Å². The summed E-state index contributed by atoms with van der Waals surface area (Å²) in [6.07, 6.45) is -4.71. The first-order chi connectivity index (χ1) is 15.9. The highest BCUT2D eigenvalue weighted by atomic mass is 32.1. The van der Waals surface area contributed by atoms with Crippen molar-refractivity contribution in [3.8, 4) is 5.75 Å². The number of rotatable bonds is 5. The largest absolute Gasteiger partial charge is 0.573 e. The van der Waals surface area contributed by atoms with Gasteiger partial charge in [0.15, 0.2) is 5.11 Å². The number of thiocarbonyl (C=S) groups is 1. The lowest BCUT2D eigenvalue weighted by Crippen LogP contribution is -2.50. The van der Waals surface area contributed by atoms with Crippen LogP contribution in [-0.4, -0.2) is 47.5 Å². The van der Waals surface area contributed by atoms with E-state index in [4.69, 9.17) is 12.2 Å². The van der Waals surface area contributed by atoms with Crippen molar-refractivity contribution in [1.29, 1.82) is 0 Å². The molecular weight excluding hydrogens is 447 g/mol. The van der Waals surface area contributed by atoms with Gasteiger partial charge in [-0.2, -0.15) is 0 Å². The van der Waals surface area contributed by atoms with Crippen molar-refractivity contribution in [2.45, 2.75) is 12.4 Å². The Morgan fingerprint density at radius 2 is 1.30 bits per heavy atom. The molecule has 0 aliphatic carbocycles. The first kappa shape index (κ1) is 23.1. The maximum Gasteiger partial charge on any atom is 0.573 e. The summed E-state index contributed by atoms with van der Waals surface area (Å²) < 4.78 is 40.9. The van der Waals surface area contributed by atoms with E-state index in [2.05, 4.69) is 68.4 Å². The molecule has 1 heterocycles. The van der Waals surface area contributed by atoms with Crippen LogP contribution in [0.5, 0.6) is 5.75 Å². The zero-order chi connectivity index (χ0) is 23.3. The van der Waals surface area contributed by atoms with Gasteiger partial charge in [0.2, 0.25) is 0 Å². The Balaban J connectivity index is 1.38. The van der Waals surface area contributed by atoms with E-state index in [0.29, 0.717) is 10.8 Å². The zero-order valence-corrected chi connectivity index (χ0v) is 18.6. The minimum absolute atomic E-state index is 0.164. The lowest BCUT2D eigenvalue weighted by atomic mass is 9.96. The summed E-state index contributed by atoms with van der Waals surface area (Å²) in [5, 5.41) is 3.66. The fourth-order valence-electron chi connectivity index (χ4n) is 4.01. The van der Waals surface area contributed by atoms with Crippen LogP contribution in [0.15, 0.2) is 84.9 Å². The summed E-state index contributed by atoms with van der Waals surface area (Å²) in [4.78, 5) is 4.53. The third kappa shape index (κ3) is 6.24. The number of benzene rings is 3. The lowest BCUT2D eigenvalue weighted by molar-refractivity contribution is -0.274. The topological polar surface area (TPSA) is 27.7 Å². The number of nitrogens with one attached hydrogen (secondary N) is 1. The predicted octanol–water partition coefficient (Wildman–Crippen LogP) is 5.69. The van der Waals surface area contributed by atoms with Gasteiger partial charge < -0.3 is 15.0 Å². The smallest absolute Gasteiger partial charge is 0.406 e. The van der Waals surface area contributed by atoms with Crippen molar-refractivity contribution < 1.29 is 17.9 Å². The Kier molecular flexibility index (Phi) is 7.15. The standard InChI is InChI=1S/C25H24F3N3OS/c26-25(27,28)32-22-13-11-21(12-14-22)29-24(33)31-17-15-30(16-18-31)23(19-7-3-1-4-8-19)20-9-5-2-6-10-20/h1-14,23H,15-18H2,(H,29,33). The van der Waals surface area contributed by atoms with Crippen molar-refractivity contribution in [1.82, 2.24) is 9.80 Å². The Morgan fingerprint density at radius 3 is 1.79 bits per heavy atom. The van der Waals surface area contributed by atoms with E-state index in [1.807, 2.05) is 12.1 Å². The molecule has 4 rings (SSSR count). The fraction of sp³-hybridized carbons (Fsp3) is 0.240. The van der Waals surface area contributed by atoms with Gasteiger partial charge in [0.05, 0.1) is 6.04 Å². The van der Waals surface area contributed by atoms with Crippen LogP contribution in [-0.2, 0) is 0 Å². The molecule has 0 bridgehead atoms. The van der Waals surface area contributed by atoms with Crippen LogP contribution in [0.2, 0.25) is 0 Å². The minimum Gasteiger partial charge on any atom is -0.406 e. The summed E-state index contributed by atoms with van der Waals surface area (Å²) >= 11 is 5.55. The highest BCUT2D eigenvalue weighted by molar-refractivity contribution is 7.80. The van der Waals surface area contributed by atoms with Crippen molar-refractivity contribution in [2.75, 3.05) is 31.5 Å². The second-order valence-corrected chi connectivity index (χ2v) is 8.14. The van der Waals surface area contributed by atoms with Crippen LogP contribution in [0.25, 0.3) is 0 Å². The Hall–Kier alpha value is -3.10. The van der Waals surface area contributed by atoms with Crippen molar-refractivity contribution in [3.63, 3.8) is 0 Å². The van der Waals surface area contributed by atoms with Crippen LogP contribution >= 0.6 is 12.2 Å². The average molecular weight is 472 g/mol. The highest BCUT2D eigenvalue weighted by Crippen LogP contribution is 2.30. The third-order valence-electron chi connectivity index (χ3n) is 5.54. The van der Waals surface area contributed by atoms with E-state index in [9.17, 15) is 13.2 Å². The number of hydrogen-bond donors (Lipinski definition) is 1. The molecule has 1 aliphatic rings. The summed E-state index contributed by atoms with van der Waals surface area (Å²) in [5.74, 6) is -0.263. The molecule has 3 aromatic rings. The molecule has 1 fully saturated rings. The molecule has 1 saturated heterocycles. The maximum atomic E-state index is 12.3. The Labute approximate surface area is 196 Å². The number of hydrogen-bond acceptors (Lipinski definition) is 3. The molecule has 0 unspecified atom stereocenters. The number of alkyl halides is 3. The Morgan fingerprint density at radius 1 is 0.788 bits per heavy atom. The average Bonchev–Trinajstić information content (AvgIpc) is 2.81. The van der Waals surface area contributed by atoms with E-state index >= 15 is 0 Å². The predicted molar refractivity (Wildman–Crippen MR) is 127 cm³/mol. The van der Waals surface area contributed by atoms with E-state index in [-0.39, 0.29) is 11.8 Å². The molecule has 0 amide bonds. The fourth-order valence-corrected chi connectivity index (χ4v) is 4.31. The van der Waals surface area contributed by atoms with Crippen LogP contribution in [0.3, 0.4) is 0 Å². The molecule has 172 valence electrons. The molecule has 0 aromatic heterocycles. The number of piperazine rings is 1. The molecule has 0 atom stereocenters. The van der Waals surface area contributed by atoms with Crippen molar-refractivity contribution in [2.24, 2.45) is 0 Å². The molecule has 4 nitrogen and oxygen atoms in total. The SMILES string of the molecule is FC(F)(F)Oc1ccc(NC(=S)N2CCN(C(c3ccccc3)c3ccccc3)CC2)cc1. The van der Waals surface area contributed by atoms with Crippen molar-refractivity contribution >= 4 is 23.0 Å². The van der Waals surface area contributed by atoms with E-state index in [1.54, 1.807) is 0 Å². The van der Waals surface area contributed by atoms with E-state index in [0.717, 1.165) is 26.2 Å². The molecule has 3 aromatic carbocycles.